The molecule has 0 radical (unpaired) electrons. The summed E-state index contributed by atoms with van der Waals surface area (Å²) in [5, 5.41) is 13.9. The average Bonchev–Trinajstić information content (AvgIpc) is 2.20. The molecule has 0 spiro atoms. The van der Waals surface area contributed by atoms with Gasteiger partial charge < -0.3 is 25.2 Å². The second-order valence-corrected chi connectivity index (χ2v) is 5.52. The van der Waals surface area contributed by atoms with Crippen LogP contribution in [0.4, 0.5) is 9.59 Å². The summed E-state index contributed by atoms with van der Waals surface area (Å²) in [6.45, 7) is 5.19. The molecule has 19 heavy (non-hydrogen) atoms. The van der Waals surface area contributed by atoms with Crippen molar-refractivity contribution in [3.05, 3.63) is 0 Å². The predicted molar refractivity (Wildman–Crippen MR) is 67.7 cm³/mol. The fraction of sp³-hybridized carbons (Fsp3) is 0.833. The van der Waals surface area contributed by atoms with Crippen LogP contribution < -0.4 is 10.6 Å². The van der Waals surface area contributed by atoms with Gasteiger partial charge in [0.25, 0.3) is 0 Å². The number of amides is 2. The molecule has 0 aromatic carbocycles. The number of hydrogen-bond donors (Lipinski definition) is 3. The summed E-state index contributed by atoms with van der Waals surface area (Å²) in [5.41, 5.74) is -0.514. The lowest BCUT2D eigenvalue weighted by molar-refractivity contribution is 0.0463. The van der Waals surface area contributed by atoms with Crippen molar-refractivity contribution in [2.24, 2.45) is 0 Å². The van der Waals surface area contributed by atoms with E-state index in [0.717, 1.165) is 0 Å². The monoisotopic (exact) mass is 274 g/mol. The summed E-state index contributed by atoms with van der Waals surface area (Å²) in [7, 11) is 0. The lowest BCUT2D eigenvalue weighted by Crippen LogP contribution is -2.54. The molecule has 0 aliphatic heterocycles. The van der Waals surface area contributed by atoms with E-state index in [4.69, 9.17) is 9.84 Å². The fourth-order valence-electron chi connectivity index (χ4n) is 1.67. The highest BCUT2D eigenvalue weighted by molar-refractivity contribution is 5.69. The zero-order chi connectivity index (χ0) is 14.5. The molecule has 0 aromatic rings. The van der Waals surface area contributed by atoms with Gasteiger partial charge in [0.05, 0.1) is 6.61 Å². The number of carbonyl (C=O) groups is 2. The second kappa shape index (κ2) is 6.60. The summed E-state index contributed by atoms with van der Waals surface area (Å²) in [6, 6.07) is 0.00382. The predicted octanol–water partition coefficient (Wildman–Crippen LogP) is 0.761. The first-order valence-electron chi connectivity index (χ1n) is 6.34. The molecule has 1 aliphatic rings. The molecule has 2 amide bonds. The quantitative estimate of drug-likeness (QED) is 0.703. The maximum absolute atomic E-state index is 11.5. The number of aliphatic hydroxyl groups excluding tert-OH is 1. The summed E-state index contributed by atoms with van der Waals surface area (Å²) < 4.78 is 9.79. The van der Waals surface area contributed by atoms with Crippen molar-refractivity contribution in [2.45, 2.75) is 51.3 Å². The molecule has 7 nitrogen and oxygen atoms in total. The van der Waals surface area contributed by atoms with E-state index in [1.54, 1.807) is 20.8 Å². The molecule has 1 fully saturated rings. The van der Waals surface area contributed by atoms with Crippen LogP contribution in [0, 0.1) is 0 Å². The van der Waals surface area contributed by atoms with E-state index in [-0.39, 0.29) is 25.3 Å². The van der Waals surface area contributed by atoms with Crippen LogP contribution in [0.3, 0.4) is 0 Å². The average molecular weight is 274 g/mol. The van der Waals surface area contributed by atoms with Gasteiger partial charge in [-0.3, -0.25) is 0 Å². The maximum Gasteiger partial charge on any atom is 0.407 e. The van der Waals surface area contributed by atoms with Gasteiger partial charge in [0, 0.05) is 12.1 Å². The van der Waals surface area contributed by atoms with Crippen molar-refractivity contribution in [1.82, 2.24) is 10.6 Å². The first-order chi connectivity index (χ1) is 8.80. The summed E-state index contributed by atoms with van der Waals surface area (Å²) in [5.74, 6) is 0. The third-order valence-corrected chi connectivity index (χ3v) is 2.51. The molecule has 1 saturated carbocycles. The second-order valence-electron chi connectivity index (χ2n) is 5.52. The Labute approximate surface area is 112 Å². The molecule has 1 rings (SSSR count). The minimum absolute atomic E-state index is 0.00821. The van der Waals surface area contributed by atoms with E-state index in [1.165, 1.54) is 0 Å². The molecule has 0 heterocycles. The molecule has 3 N–H and O–H groups in total. The van der Waals surface area contributed by atoms with Gasteiger partial charge in [0.2, 0.25) is 0 Å². The standard InChI is InChI=1S/C12H22N2O5/c1-12(2,3)19-11(17)14-9-6-8(7-9)13-10(16)18-5-4-15/h8-9,15H,4-7H2,1-3H3,(H,13,16)(H,14,17). The molecular weight excluding hydrogens is 252 g/mol. The number of aliphatic hydroxyl groups is 1. The number of carbonyl (C=O) groups excluding carboxylic acids is 2. The summed E-state index contributed by atoms with van der Waals surface area (Å²) >= 11 is 0. The van der Waals surface area contributed by atoms with Crippen molar-refractivity contribution in [3.8, 4) is 0 Å². The van der Waals surface area contributed by atoms with Gasteiger partial charge in [0.1, 0.15) is 12.2 Å². The van der Waals surface area contributed by atoms with Crippen LogP contribution in [-0.4, -0.2) is 48.2 Å². The Hall–Kier alpha value is -1.50. The maximum atomic E-state index is 11.5. The number of alkyl carbamates (subject to hydrolysis) is 2. The van der Waals surface area contributed by atoms with Crippen LogP contribution in [0.15, 0.2) is 0 Å². The number of ether oxygens (including phenoxy) is 2. The van der Waals surface area contributed by atoms with Gasteiger partial charge in [-0.05, 0) is 33.6 Å². The third kappa shape index (κ3) is 6.28. The fourth-order valence-corrected chi connectivity index (χ4v) is 1.67. The topological polar surface area (TPSA) is 96.9 Å². The van der Waals surface area contributed by atoms with Gasteiger partial charge in [-0.1, -0.05) is 0 Å². The smallest absolute Gasteiger partial charge is 0.407 e. The molecule has 0 saturated heterocycles. The zero-order valence-electron chi connectivity index (χ0n) is 11.6. The Bertz CT molecular complexity index is 321. The number of hydrogen-bond acceptors (Lipinski definition) is 5. The van der Waals surface area contributed by atoms with Crippen molar-refractivity contribution >= 4 is 12.2 Å². The summed E-state index contributed by atoms with van der Waals surface area (Å²) in [4.78, 5) is 22.6. The SMILES string of the molecule is CC(C)(C)OC(=O)NC1CC(NC(=O)OCCO)C1. The van der Waals surface area contributed by atoms with E-state index in [1.807, 2.05) is 0 Å². The van der Waals surface area contributed by atoms with Gasteiger partial charge in [-0.15, -0.1) is 0 Å². The van der Waals surface area contributed by atoms with Crippen molar-refractivity contribution in [1.29, 1.82) is 0 Å². The van der Waals surface area contributed by atoms with E-state index in [0.29, 0.717) is 12.8 Å². The Balaban J connectivity index is 2.13. The van der Waals surface area contributed by atoms with Crippen LogP contribution in [0.1, 0.15) is 33.6 Å². The molecule has 110 valence electrons. The largest absolute Gasteiger partial charge is 0.447 e. The molecule has 1 aliphatic carbocycles. The van der Waals surface area contributed by atoms with E-state index < -0.39 is 17.8 Å². The Morgan fingerprint density at radius 1 is 1.16 bits per heavy atom. The van der Waals surface area contributed by atoms with Crippen LogP contribution >= 0.6 is 0 Å². The first kappa shape index (κ1) is 15.6. The minimum atomic E-state index is -0.547. The van der Waals surface area contributed by atoms with Crippen molar-refractivity contribution in [2.75, 3.05) is 13.2 Å². The molecule has 0 bridgehead atoms. The lowest BCUT2D eigenvalue weighted by atomic mass is 9.87. The Kier molecular flexibility index (Phi) is 5.41. The minimum Gasteiger partial charge on any atom is -0.447 e. The van der Waals surface area contributed by atoms with Gasteiger partial charge in [-0.25, -0.2) is 9.59 Å². The first-order valence-corrected chi connectivity index (χ1v) is 6.34. The highest BCUT2D eigenvalue weighted by Crippen LogP contribution is 2.20. The van der Waals surface area contributed by atoms with Gasteiger partial charge in [0.15, 0.2) is 0 Å². The molecule has 0 unspecified atom stereocenters. The van der Waals surface area contributed by atoms with Gasteiger partial charge >= 0.3 is 12.2 Å². The van der Waals surface area contributed by atoms with E-state index in [2.05, 4.69) is 15.4 Å². The normalized spacial score (nSPS) is 22.1. The summed E-state index contributed by atoms with van der Waals surface area (Å²) in [6.07, 6.45) is 0.301. The number of rotatable bonds is 4. The Morgan fingerprint density at radius 3 is 2.16 bits per heavy atom. The highest BCUT2D eigenvalue weighted by atomic mass is 16.6. The van der Waals surface area contributed by atoms with Crippen molar-refractivity contribution < 1.29 is 24.2 Å². The zero-order valence-corrected chi connectivity index (χ0v) is 11.6. The van der Waals surface area contributed by atoms with Crippen molar-refractivity contribution in [3.63, 3.8) is 0 Å². The molecular formula is C12H22N2O5. The van der Waals surface area contributed by atoms with Crippen LogP contribution in [-0.2, 0) is 9.47 Å². The van der Waals surface area contributed by atoms with Gasteiger partial charge in [-0.2, -0.15) is 0 Å². The van der Waals surface area contributed by atoms with E-state index >= 15 is 0 Å². The highest BCUT2D eigenvalue weighted by Gasteiger charge is 2.32. The Morgan fingerprint density at radius 2 is 1.68 bits per heavy atom. The molecule has 7 heteroatoms. The molecule has 0 aromatic heterocycles. The lowest BCUT2D eigenvalue weighted by Gasteiger charge is -2.36. The molecule has 0 atom stereocenters. The third-order valence-electron chi connectivity index (χ3n) is 2.51. The van der Waals surface area contributed by atoms with Crippen LogP contribution in [0.25, 0.3) is 0 Å². The van der Waals surface area contributed by atoms with Crippen LogP contribution in [0.2, 0.25) is 0 Å². The van der Waals surface area contributed by atoms with E-state index in [9.17, 15) is 9.59 Å². The number of nitrogens with one attached hydrogen (secondary N) is 2. The van der Waals surface area contributed by atoms with Crippen LogP contribution in [0.5, 0.6) is 0 Å².